The zero-order valence-electron chi connectivity index (χ0n) is 10.6. The highest BCUT2D eigenvalue weighted by atomic mass is 16.3. The molecule has 3 rings (SSSR count). The molecule has 0 saturated heterocycles. The average Bonchev–Trinajstić information content (AvgIpc) is 2.75. The van der Waals surface area contributed by atoms with Crippen molar-refractivity contribution in [2.45, 2.75) is 26.6 Å². The Balaban J connectivity index is 1.76. The molecular formula is C16H17NO. The van der Waals surface area contributed by atoms with Gasteiger partial charge in [-0.25, -0.2) is 0 Å². The van der Waals surface area contributed by atoms with Crippen molar-refractivity contribution in [2.75, 3.05) is 0 Å². The summed E-state index contributed by atoms with van der Waals surface area (Å²) >= 11 is 0. The van der Waals surface area contributed by atoms with Crippen molar-refractivity contribution in [2.24, 2.45) is 0 Å². The van der Waals surface area contributed by atoms with Crippen molar-refractivity contribution >= 4 is 0 Å². The van der Waals surface area contributed by atoms with E-state index in [1.54, 1.807) is 0 Å². The second-order valence-corrected chi connectivity index (χ2v) is 5.05. The Morgan fingerprint density at radius 2 is 1.72 bits per heavy atom. The van der Waals surface area contributed by atoms with Crippen LogP contribution in [0.25, 0.3) is 0 Å². The van der Waals surface area contributed by atoms with Crippen molar-refractivity contribution in [3.8, 4) is 5.75 Å². The van der Waals surface area contributed by atoms with Crippen molar-refractivity contribution in [3.05, 3.63) is 64.7 Å². The van der Waals surface area contributed by atoms with Gasteiger partial charge in [0.05, 0.1) is 0 Å². The van der Waals surface area contributed by atoms with E-state index in [-0.39, 0.29) is 0 Å². The molecule has 0 atom stereocenters. The number of aromatic hydroxyl groups is 1. The van der Waals surface area contributed by atoms with Crippen LogP contribution in [-0.2, 0) is 19.6 Å². The molecule has 0 unspecified atom stereocenters. The zero-order chi connectivity index (χ0) is 12.5. The third-order valence-electron chi connectivity index (χ3n) is 3.54. The van der Waals surface area contributed by atoms with Crippen molar-refractivity contribution in [1.29, 1.82) is 0 Å². The van der Waals surface area contributed by atoms with Crippen LogP contribution in [0.5, 0.6) is 5.75 Å². The minimum Gasteiger partial charge on any atom is -0.508 e. The van der Waals surface area contributed by atoms with Gasteiger partial charge < -0.3 is 5.11 Å². The molecule has 0 bridgehead atoms. The summed E-state index contributed by atoms with van der Waals surface area (Å²) in [5.74, 6) is 0.408. The van der Waals surface area contributed by atoms with Crippen LogP contribution in [0.3, 0.4) is 0 Å². The van der Waals surface area contributed by atoms with Crippen LogP contribution in [0, 0.1) is 6.92 Å². The Hall–Kier alpha value is -1.80. The number of phenolic OH excluding ortho intramolecular Hbond substituents is 1. The van der Waals surface area contributed by atoms with Crippen molar-refractivity contribution in [3.63, 3.8) is 0 Å². The highest BCUT2D eigenvalue weighted by Gasteiger charge is 2.18. The highest BCUT2D eigenvalue weighted by molar-refractivity contribution is 5.37. The molecule has 0 aromatic heterocycles. The summed E-state index contributed by atoms with van der Waals surface area (Å²) in [7, 11) is 0. The van der Waals surface area contributed by atoms with E-state index >= 15 is 0 Å². The van der Waals surface area contributed by atoms with Gasteiger partial charge in [0, 0.05) is 25.2 Å². The molecule has 0 fully saturated rings. The molecule has 2 aromatic carbocycles. The van der Waals surface area contributed by atoms with E-state index in [0.717, 1.165) is 30.8 Å². The third-order valence-corrected chi connectivity index (χ3v) is 3.54. The van der Waals surface area contributed by atoms with Gasteiger partial charge in [0.2, 0.25) is 0 Å². The van der Waals surface area contributed by atoms with Gasteiger partial charge >= 0.3 is 0 Å². The molecule has 0 aliphatic carbocycles. The Kier molecular flexibility index (Phi) is 2.80. The van der Waals surface area contributed by atoms with Crippen LogP contribution in [0.4, 0.5) is 0 Å². The lowest BCUT2D eigenvalue weighted by Gasteiger charge is -2.16. The third kappa shape index (κ3) is 2.12. The number of benzene rings is 2. The highest BCUT2D eigenvalue weighted by Crippen LogP contribution is 2.27. The molecule has 92 valence electrons. The molecule has 2 heteroatoms. The minimum atomic E-state index is 0.408. The van der Waals surface area contributed by atoms with Gasteiger partial charge in [-0.3, -0.25) is 4.90 Å². The summed E-state index contributed by atoms with van der Waals surface area (Å²) in [4.78, 5) is 2.36. The molecule has 0 radical (unpaired) electrons. The predicted molar refractivity (Wildman–Crippen MR) is 72.2 cm³/mol. The van der Waals surface area contributed by atoms with E-state index in [1.165, 1.54) is 11.1 Å². The lowest BCUT2D eigenvalue weighted by Crippen LogP contribution is -2.15. The summed E-state index contributed by atoms with van der Waals surface area (Å²) in [6, 6.07) is 14.5. The smallest absolute Gasteiger partial charge is 0.120 e. The van der Waals surface area contributed by atoms with Crippen LogP contribution in [0.2, 0.25) is 0 Å². The summed E-state index contributed by atoms with van der Waals surface area (Å²) in [5.41, 5.74) is 4.92. The van der Waals surface area contributed by atoms with Gasteiger partial charge in [0.15, 0.2) is 0 Å². The quantitative estimate of drug-likeness (QED) is 0.869. The first-order valence-electron chi connectivity index (χ1n) is 6.30. The maximum atomic E-state index is 9.94. The molecule has 2 aromatic rings. The first-order valence-corrected chi connectivity index (χ1v) is 6.30. The van der Waals surface area contributed by atoms with E-state index in [1.807, 2.05) is 19.1 Å². The van der Waals surface area contributed by atoms with Gasteiger partial charge in [0.25, 0.3) is 0 Å². The molecule has 2 nitrogen and oxygen atoms in total. The monoisotopic (exact) mass is 239 g/mol. The number of hydrogen-bond donors (Lipinski definition) is 1. The number of fused-ring (bicyclic) bond motifs is 1. The van der Waals surface area contributed by atoms with E-state index in [9.17, 15) is 5.11 Å². The molecule has 1 heterocycles. The van der Waals surface area contributed by atoms with E-state index < -0.39 is 0 Å². The first-order chi connectivity index (χ1) is 8.72. The predicted octanol–water partition coefficient (Wildman–Crippen LogP) is 3.22. The first kappa shape index (κ1) is 11.3. The van der Waals surface area contributed by atoms with Crippen LogP contribution >= 0.6 is 0 Å². The fourth-order valence-corrected chi connectivity index (χ4v) is 2.56. The molecule has 1 aliphatic heterocycles. The van der Waals surface area contributed by atoms with Crippen LogP contribution < -0.4 is 0 Å². The zero-order valence-corrected chi connectivity index (χ0v) is 10.6. The molecule has 0 amide bonds. The second-order valence-electron chi connectivity index (χ2n) is 5.05. The normalized spacial score (nSPS) is 14.7. The topological polar surface area (TPSA) is 23.5 Å². The molecule has 1 aliphatic rings. The SMILES string of the molecule is Cc1ccc(CN2Cc3ccccc3C2)c(O)c1. The van der Waals surface area contributed by atoms with Crippen LogP contribution in [0.15, 0.2) is 42.5 Å². The Bertz CT molecular complexity index is 552. The van der Waals surface area contributed by atoms with Gasteiger partial charge in [-0.15, -0.1) is 0 Å². The van der Waals surface area contributed by atoms with Gasteiger partial charge in [-0.2, -0.15) is 0 Å². The number of aryl methyl sites for hydroxylation is 1. The maximum Gasteiger partial charge on any atom is 0.120 e. The summed E-state index contributed by atoms with van der Waals surface area (Å²) < 4.78 is 0. The van der Waals surface area contributed by atoms with E-state index in [0.29, 0.717) is 5.75 Å². The Morgan fingerprint density at radius 3 is 2.33 bits per heavy atom. The lowest BCUT2D eigenvalue weighted by atomic mass is 10.1. The second kappa shape index (κ2) is 4.46. The van der Waals surface area contributed by atoms with Crippen molar-refractivity contribution < 1.29 is 5.11 Å². The minimum absolute atomic E-state index is 0.408. The van der Waals surface area contributed by atoms with Gasteiger partial charge in [-0.05, 0) is 29.7 Å². The largest absolute Gasteiger partial charge is 0.508 e. The van der Waals surface area contributed by atoms with E-state index in [2.05, 4.69) is 35.2 Å². The standard InChI is InChI=1S/C16H17NO/c1-12-6-7-15(16(18)8-12)11-17-9-13-4-2-3-5-14(13)10-17/h2-8,18H,9-11H2,1H3. The van der Waals surface area contributed by atoms with Crippen LogP contribution in [0.1, 0.15) is 22.3 Å². The van der Waals surface area contributed by atoms with E-state index in [4.69, 9.17) is 0 Å². The van der Waals surface area contributed by atoms with Gasteiger partial charge in [-0.1, -0.05) is 36.4 Å². The summed E-state index contributed by atoms with van der Waals surface area (Å²) in [5, 5.41) is 9.94. The molecule has 0 saturated carbocycles. The lowest BCUT2D eigenvalue weighted by molar-refractivity contribution is 0.271. The number of rotatable bonds is 2. The summed E-state index contributed by atoms with van der Waals surface area (Å²) in [6.45, 7) is 4.75. The fraction of sp³-hybridized carbons (Fsp3) is 0.250. The number of phenols is 1. The Labute approximate surface area is 107 Å². The Morgan fingerprint density at radius 1 is 1.06 bits per heavy atom. The molecule has 1 N–H and O–H groups in total. The molecule has 18 heavy (non-hydrogen) atoms. The van der Waals surface area contributed by atoms with Crippen molar-refractivity contribution in [1.82, 2.24) is 4.90 Å². The average molecular weight is 239 g/mol. The fourth-order valence-electron chi connectivity index (χ4n) is 2.56. The van der Waals surface area contributed by atoms with Crippen LogP contribution in [-0.4, -0.2) is 10.0 Å². The molecule has 0 spiro atoms. The summed E-state index contributed by atoms with van der Waals surface area (Å²) in [6.07, 6.45) is 0. The molecular weight excluding hydrogens is 222 g/mol. The van der Waals surface area contributed by atoms with Gasteiger partial charge in [0.1, 0.15) is 5.75 Å². The number of hydrogen-bond acceptors (Lipinski definition) is 2. The number of nitrogens with zero attached hydrogens (tertiary/aromatic N) is 1. The maximum absolute atomic E-state index is 9.94.